The van der Waals surface area contributed by atoms with Gasteiger partial charge in [0, 0.05) is 12.8 Å². The number of carbonyl (C=O) groups excluding carboxylic acids is 2. The van der Waals surface area contributed by atoms with Crippen molar-refractivity contribution in [2.24, 2.45) is 110 Å². The van der Waals surface area contributed by atoms with E-state index in [0.29, 0.717) is 107 Å². The molecule has 0 bridgehead atoms. The van der Waals surface area contributed by atoms with Crippen LogP contribution in [0.15, 0.2) is 0 Å². The lowest BCUT2D eigenvalue weighted by Gasteiger charge is -2.65. The van der Waals surface area contributed by atoms with Gasteiger partial charge in [0.15, 0.2) is 0 Å². The highest BCUT2D eigenvalue weighted by Crippen LogP contribution is 2.71. The van der Waals surface area contributed by atoms with Crippen molar-refractivity contribution in [1.29, 1.82) is 0 Å². The summed E-state index contributed by atoms with van der Waals surface area (Å²) in [5.41, 5.74) is 1.28. The van der Waals surface area contributed by atoms with Crippen molar-refractivity contribution in [3.63, 3.8) is 0 Å². The van der Waals surface area contributed by atoms with Crippen molar-refractivity contribution in [3.05, 3.63) is 0 Å². The molecule has 0 radical (unpaired) electrons. The predicted octanol–water partition coefficient (Wildman–Crippen LogP) is 12.9. The van der Waals surface area contributed by atoms with Gasteiger partial charge < -0.3 is 24.8 Å². The fourth-order valence-electron chi connectivity index (χ4n) is 19.4. The van der Waals surface area contributed by atoms with Gasteiger partial charge in [-0.15, -0.1) is 0 Å². The molecule has 0 aromatic rings. The number of methoxy groups -OCH3 is 2. The lowest BCUT2D eigenvalue weighted by molar-refractivity contribution is -0.203. The second-order valence-corrected chi connectivity index (χ2v) is 24.9. The number of aliphatic hydroxyl groups is 3. The number of alkyl halides is 1. The van der Waals surface area contributed by atoms with E-state index in [-0.39, 0.29) is 48.5 Å². The van der Waals surface area contributed by atoms with Gasteiger partial charge in [-0.2, -0.15) is 0 Å². The molecule has 8 aliphatic rings. The van der Waals surface area contributed by atoms with E-state index in [2.05, 4.69) is 62.3 Å². The Bertz CT molecular complexity index is 1470. The van der Waals surface area contributed by atoms with Crippen LogP contribution < -0.4 is 0 Å². The van der Waals surface area contributed by atoms with E-state index >= 15 is 0 Å². The summed E-state index contributed by atoms with van der Waals surface area (Å²) in [4.78, 5) is 23.4. The summed E-state index contributed by atoms with van der Waals surface area (Å²) in [6, 6.07) is 0. The minimum atomic E-state index is -1.00. The number of aliphatic hydroxyl groups excluding tert-OH is 3. The van der Waals surface area contributed by atoms with Gasteiger partial charge in [0.25, 0.3) is 0 Å². The van der Waals surface area contributed by atoms with Crippen LogP contribution in [0.5, 0.6) is 0 Å². The largest absolute Gasteiger partial charge is 0.469 e. The van der Waals surface area contributed by atoms with Crippen LogP contribution in [0.1, 0.15) is 200 Å². The van der Waals surface area contributed by atoms with Crippen LogP contribution in [-0.4, -0.2) is 66.9 Å². The van der Waals surface area contributed by atoms with Crippen molar-refractivity contribution in [3.8, 4) is 0 Å². The van der Waals surface area contributed by atoms with Crippen LogP contribution >= 0.6 is 0 Å². The van der Waals surface area contributed by atoms with Gasteiger partial charge in [-0.25, -0.2) is 0 Å². The maximum atomic E-state index is 11.8. The number of hydrogen-bond donors (Lipinski definition) is 3. The summed E-state index contributed by atoms with van der Waals surface area (Å²) in [7, 11) is 1.98. The molecule has 8 heteroatoms. The monoisotopic (exact) mass is 918 g/mol. The predicted molar refractivity (Wildman–Crippen MR) is 261 cm³/mol. The maximum absolute atomic E-state index is 11.8. The molecule has 0 heterocycles. The normalized spacial score (nSPS) is 48.1. The number of fused-ring (bicyclic) bond motifs is 10. The van der Waals surface area contributed by atoms with Crippen molar-refractivity contribution in [2.75, 3.05) is 21.4 Å². The van der Waals surface area contributed by atoms with Crippen molar-refractivity contribution >= 4 is 11.9 Å². The van der Waals surface area contributed by atoms with Crippen LogP contribution in [0.4, 0.5) is 4.39 Å². The zero-order valence-electron chi connectivity index (χ0n) is 43.6. The first kappa shape index (κ1) is 53.1. The first-order valence-electron chi connectivity index (χ1n) is 27.5. The molecular weight excluding hydrogens is 816 g/mol. The SMILES string of the molecule is C.CC[C@H]1[C@@H](O)[C@@H]2[C@H](CC[C@]3(C)[C@@H]([C@H](C)CCC(=O)OC)CC[C@@H]23)[C@@]2(C)CC[C@@H](C)C[C@@H]12.CC[C@H]1[C@@H](O)[C@@H]2[C@H](CC[C@]3(C)[C@@H]([C@H](C)CCC(=O)OC)CC[C@@H]23)[C@@]2(C)CC[C@@H](O)C[C@@H]12.[2H]CF. The molecule has 0 unspecified atom stereocenters. The maximum Gasteiger partial charge on any atom is 0.305 e. The Hall–Kier alpha value is -1.25. The first-order valence-corrected chi connectivity index (χ1v) is 26.8. The van der Waals surface area contributed by atoms with Gasteiger partial charge >= 0.3 is 11.9 Å². The standard InChI is InChI=1S/C28H48O3.C27H46O4.CH3F.CH4/c1-7-19-23-16-17(2)12-14-28(23,5)22-13-15-27(4)20(18(3)8-11-24(29)31-6)9-10-21(27)25(22)26(19)30;1-6-18-22-15-17(28)11-13-27(22,4)21-12-14-26(3)19(16(2)7-10-23(29)31-5)8-9-20(26)24(21)25(18)30;1-2;/h17-23,25-26,30H,7-16H2,1-6H3;16-22,24-25,28,30H,6-15H2,1-5H3;1H3;1H4/t17-,18-,19-,20-,21+,22+,23+,25+,26-,27-,28-;16-,17-,18-,19-,20+,21+,22+,24+,25-,26-,27-;;/m11../s1/i;;1D;. The molecule has 0 saturated heterocycles. The Kier molecular flexibility index (Phi) is 17.8. The number of esters is 2. The third-order valence-electron chi connectivity index (χ3n) is 22.7. The molecule has 0 aromatic carbocycles. The fourth-order valence-corrected chi connectivity index (χ4v) is 19.4. The highest BCUT2D eigenvalue weighted by Gasteiger charge is 2.66. The average molecular weight is 918 g/mol. The van der Waals surface area contributed by atoms with Gasteiger partial charge in [-0.3, -0.25) is 14.0 Å². The van der Waals surface area contributed by atoms with Crippen molar-refractivity contribution in [2.45, 2.75) is 216 Å². The van der Waals surface area contributed by atoms with E-state index in [4.69, 9.17) is 10.8 Å². The molecule has 0 amide bonds. The second kappa shape index (κ2) is 21.8. The van der Waals surface area contributed by atoms with Crippen molar-refractivity contribution < 1.29 is 40.1 Å². The fraction of sp³-hybridized carbons (Fsp3) is 0.965. The first-order chi connectivity index (χ1) is 30.8. The molecule has 8 aliphatic carbocycles. The van der Waals surface area contributed by atoms with Crippen LogP contribution in [0.25, 0.3) is 0 Å². The molecule has 8 fully saturated rings. The number of ether oxygens (including phenoxy) is 2. The molecule has 0 spiro atoms. The highest BCUT2D eigenvalue weighted by atomic mass is 19.1. The number of rotatable bonds is 10. The molecule has 8 rings (SSSR count). The smallest absolute Gasteiger partial charge is 0.305 e. The number of halogens is 1. The number of carbonyl (C=O) groups is 2. The summed E-state index contributed by atoms with van der Waals surface area (Å²) in [5.74, 6) is 8.39. The summed E-state index contributed by atoms with van der Waals surface area (Å²) in [6.07, 6.45) is 21.6. The van der Waals surface area contributed by atoms with Gasteiger partial charge in [0.05, 0.1) is 41.1 Å². The van der Waals surface area contributed by atoms with Crippen molar-refractivity contribution in [1.82, 2.24) is 0 Å². The average Bonchev–Trinajstić information content (AvgIpc) is 3.83. The molecule has 378 valence electrons. The molecule has 8 saturated carbocycles. The lowest BCUT2D eigenvalue weighted by atomic mass is 9.41. The Balaban J connectivity index is 0.000000230. The van der Waals surface area contributed by atoms with E-state index in [9.17, 15) is 29.3 Å². The molecule has 65 heavy (non-hydrogen) atoms. The molecule has 3 N–H and O–H groups in total. The lowest BCUT2D eigenvalue weighted by Crippen LogP contribution is -2.62. The van der Waals surface area contributed by atoms with Crippen LogP contribution in [0, 0.1) is 110 Å². The Morgan fingerprint density at radius 2 is 0.985 bits per heavy atom. The van der Waals surface area contributed by atoms with Gasteiger partial charge in [0.1, 0.15) is 0 Å². The van der Waals surface area contributed by atoms with E-state index in [0.717, 1.165) is 50.9 Å². The molecule has 0 aromatic heterocycles. The molecule has 22 atom stereocenters. The second-order valence-electron chi connectivity index (χ2n) is 24.9. The zero-order chi connectivity index (χ0) is 47.8. The Labute approximate surface area is 399 Å². The third kappa shape index (κ3) is 9.67. The van der Waals surface area contributed by atoms with Gasteiger partial charge in [0.2, 0.25) is 0 Å². The van der Waals surface area contributed by atoms with Gasteiger partial charge in [-0.1, -0.05) is 89.0 Å². The van der Waals surface area contributed by atoms with Crippen LogP contribution in [0.2, 0.25) is 0 Å². The van der Waals surface area contributed by atoms with E-state index < -0.39 is 7.15 Å². The summed E-state index contributed by atoms with van der Waals surface area (Å²) in [5, 5.41) is 34.0. The Morgan fingerprint density at radius 1 is 0.615 bits per heavy atom. The minimum absolute atomic E-state index is 0. The van der Waals surface area contributed by atoms with E-state index in [1.165, 1.54) is 84.8 Å². The number of hydrogen-bond acceptors (Lipinski definition) is 7. The molecule has 0 aliphatic heterocycles. The van der Waals surface area contributed by atoms with Crippen LogP contribution in [0.3, 0.4) is 0 Å². The third-order valence-corrected chi connectivity index (χ3v) is 22.7. The quantitative estimate of drug-likeness (QED) is 0.187. The highest BCUT2D eigenvalue weighted by molar-refractivity contribution is 5.69. The minimum Gasteiger partial charge on any atom is -0.469 e. The van der Waals surface area contributed by atoms with E-state index in [1.807, 2.05) is 0 Å². The molecule has 7 nitrogen and oxygen atoms in total. The summed E-state index contributed by atoms with van der Waals surface area (Å²) in [6.45, 7) is 21.9. The van der Waals surface area contributed by atoms with E-state index in [1.54, 1.807) is 0 Å². The van der Waals surface area contributed by atoms with Gasteiger partial charge in [-0.05, 0) is 207 Å². The summed E-state index contributed by atoms with van der Waals surface area (Å²) < 4.78 is 25.3. The molecular formula is C57H101FO7. The zero-order valence-corrected chi connectivity index (χ0v) is 42.6. The topological polar surface area (TPSA) is 113 Å². The Morgan fingerprint density at radius 3 is 1.38 bits per heavy atom. The summed E-state index contributed by atoms with van der Waals surface area (Å²) >= 11 is 0. The van der Waals surface area contributed by atoms with Crippen LogP contribution in [-0.2, 0) is 19.1 Å².